The zero-order valence-electron chi connectivity index (χ0n) is 9.01. The second kappa shape index (κ2) is 4.88. The summed E-state index contributed by atoms with van der Waals surface area (Å²) in [5, 5.41) is 3.47. The number of rotatable bonds is 3. The monoisotopic (exact) mass is 245 g/mol. The van der Waals surface area contributed by atoms with Crippen LogP contribution < -0.4 is 11.1 Å². The van der Waals surface area contributed by atoms with Gasteiger partial charge in [0.15, 0.2) is 0 Å². The topological polar surface area (TPSA) is 68.0 Å². The SMILES string of the molecule is NC(=S)CNC(=O)c1ccnc2ccccc12. The quantitative estimate of drug-likeness (QED) is 0.799. The fourth-order valence-electron chi connectivity index (χ4n) is 1.56. The minimum Gasteiger partial charge on any atom is -0.392 e. The molecule has 1 heterocycles. The Balaban J connectivity index is 2.35. The molecule has 4 nitrogen and oxygen atoms in total. The average Bonchev–Trinajstić information content (AvgIpc) is 2.35. The summed E-state index contributed by atoms with van der Waals surface area (Å²) < 4.78 is 0. The molecule has 86 valence electrons. The van der Waals surface area contributed by atoms with Crippen LogP contribution in [0.1, 0.15) is 10.4 Å². The number of nitrogens with zero attached hydrogens (tertiary/aromatic N) is 1. The van der Waals surface area contributed by atoms with Crippen LogP contribution in [0.3, 0.4) is 0 Å². The van der Waals surface area contributed by atoms with E-state index in [2.05, 4.69) is 10.3 Å². The number of fused-ring (bicyclic) bond motifs is 1. The van der Waals surface area contributed by atoms with Crippen LogP contribution in [0.25, 0.3) is 10.9 Å². The highest BCUT2D eigenvalue weighted by Crippen LogP contribution is 2.15. The fraction of sp³-hybridized carbons (Fsp3) is 0.0833. The highest BCUT2D eigenvalue weighted by atomic mass is 32.1. The van der Waals surface area contributed by atoms with E-state index in [0.29, 0.717) is 5.56 Å². The molecule has 1 aromatic heterocycles. The van der Waals surface area contributed by atoms with Gasteiger partial charge in [-0.3, -0.25) is 9.78 Å². The van der Waals surface area contributed by atoms with E-state index in [-0.39, 0.29) is 17.4 Å². The lowest BCUT2D eigenvalue weighted by molar-refractivity contribution is 0.0961. The maximum atomic E-state index is 11.9. The van der Waals surface area contributed by atoms with Crippen molar-refractivity contribution in [1.29, 1.82) is 0 Å². The first-order chi connectivity index (χ1) is 8.18. The number of carbonyl (C=O) groups excluding carboxylic acids is 1. The van der Waals surface area contributed by atoms with Crippen molar-refractivity contribution in [3.05, 3.63) is 42.1 Å². The summed E-state index contributed by atoms with van der Waals surface area (Å²) in [7, 11) is 0. The zero-order valence-corrected chi connectivity index (χ0v) is 9.83. The van der Waals surface area contributed by atoms with Crippen LogP contribution in [0.4, 0.5) is 0 Å². The lowest BCUT2D eigenvalue weighted by Gasteiger charge is -2.06. The summed E-state index contributed by atoms with van der Waals surface area (Å²) in [5.74, 6) is -0.198. The van der Waals surface area contributed by atoms with E-state index in [1.54, 1.807) is 12.3 Å². The normalized spacial score (nSPS) is 10.1. The van der Waals surface area contributed by atoms with Crippen LogP contribution in [0, 0.1) is 0 Å². The third-order valence-electron chi connectivity index (χ3n) is 2.32. The lowest BCUT2D eigenvalue weighted by Crippen LogP contribution is -2.32. The molecule has 1 aromatic carbocycles. The summed E-state index contributed by atoms with van der Waals surface area (Å²) in [6, 6.07) is 9.15. The average molecular weight is 245 g/mol. The van der Waals surface area contributed by atoms with Crippen LogP contribution in [-0.4, -0.2) is 22.4 Å². The summed E-state index contributed by atoms with van der Waals surface area (Å²) in [6.45, 7) is 0.199. The standard InChI is InChI=1S/C12H11N3OS/c13-11(17)7-15-12(16)9-5-6-14-10-4-2-1-3-8(9)10/h1-6H,7H2,(H2,13,17)(H,15,16). The van der Waals surface area contributed by atoms with Gasteiger partial charge in [0, 0.05) is 11.6 Å². The Kier molecular flexibility index (Phi) is 3.30. The third kappa shape index (κ3) is 2.57. The molecule has 2 aromatic rings. The molecule has 0 aliphatic heterocycles. The number of aromatic nitrogens is 1. The highest BCUT2D eigenvalue weighted by molar-refractivity contribution is 7.80. The van der Waals surface area contributed by atoms with Crippen LogP contribution in [0.15, 0.2) is 36.5 Å². The molecule has 0 aliphatic rings. The number of nitrogens with one attached hydrogen (secondary N) is 1. The Hall–Kier alpha value is -2.01. The molecule has 0 bridgehead atoms. The van der Waals surface area contributed by atoms with Gasteiger partial charge in [0.05, 0.1) is 22.6 Å². The van der Waals surface area contributed by atoms with Crippen LogP contribution in [0.5, 0.6) is 0 Å². The van der Waals surface area contributed by atoms with Crippen molar-refractivity contribution in [2.75, 3.05) is 6.54 Å². The van der Waals surface area contributed by atoms with E-state index in [1.807, 2.05) is 24.3 Å². The third-order valence-corrected chi connectivity index (χ3v) is 2.46. The van der Waals surface area contributed by atoms with Gasteiger partial charge in [-0.15, -0.1) is 0 Å². The van der Waals surface area contributed by atoms with Crippen LogP contribution in [0.2, 0.25) is 0 Å². The molecule has 17 heavy (non-hydrogen) atoms. The van der Waals surface area contributed by atoms with Gasteiger partial charge >= 0.3 is 0 Å². The van der Waals surface area contributed by atoms with Gasteiger partial charge in [-0.1, -0.05) is 30.4 Å². The highest BCUT2D eigenvalue weighted by Gasteiger charge is 2.09. The summed E-state index contributed by atoms with van der Waals surface area (Å²) in [4.78, 5) is 16.4. The van der Waals surface area contributed by atoms with Crippen molar-refractivity contribution in [2.45, 2.75) is 0 Å². The Labute approximate surface area is 104 Å². The second-order valence-electron chi connectivity index (χ2n) is 3.52. The van der Waals surface area contributed by atoms with Crippen molar-refractivity contribution in [3.63, 3.8) is 0 Å². The van der Waals surface area contributed by atoms with Crippen molar-refractivity contribution in [2.24, 2.45) is 5.73 Å². The molecule has 2 rings (SSSR count). The molecular weight excluding hydrogens is 234 g/mol. The number of hydrogen-bond acceptors (Lipinski definition) is 3. The molecule has 0 fully saturated rings. The summed E-state index contributed by atoms with van der Waals surface area (Å²) in [5.41, 5.74) is 6.70. The van der Waals surface area contributed by atoms with Gasteiger partial charge in [0.25, 0.3) is 5.91 Å². The van der Waals surface area contributed by atoms with E-state index in [0.717, 1.165) is 10.9 Å². The minimum absolute atomic E-state index is 0.198. The predicted octanol–water partition coefficient (Wildman–Crippen LogP) is 1.25. The van der Waals surface area contributed by atoms with E-state index in [9.17, 15) is 4.79 Å². The zero-order chi connectivity index (χ0) is 12.3. The van der Waals surface area contributed by atoms with Crippen molar-refractivity contribution in [1.82, 2.24) is 10.3 Å². The smallest absolute Gasteiger partial charge is 0.252 e. The van der Waals surface area contributed by atoms with Gasteiger partial charge in [-0.05, 0) is 12.1 Å². The van der Waals surface area contributed by atoms with E-state index >= 15 is 0 Å². The van der Waals surface area contributed by atoms with Crippen molar-refractivity contribution in [3.8, 4) is 0 Å². The molecule has 1 amide bonds. The maximum absolute atomic E-state index is 11.9. The maximum Gasteiger partial charge on any atom is 0.252 e. The first-order valence-corrected chi connectivity index (χ1v) is 5.49. The molecule has 0 radical (unpaired) electrons. The number of nitrogens with two attached hydrogens (primary N) is 1. The van der Waals surface area contributed by atoms with E-state index in [1.165, 1.54) is 0 Å². The number of carbonyl (C=O) groups is 1. The summed E-state index contributed by atoms with van der Waals surface area (Å²) >= 11 is 4.71. The number of thiocarbonyl (C=S) groups is 1. The van der Waals surface area contributed by atoms with Crippen LogP contribution >= 0.6 is 12.2 Å². The fourth-order valence-corrected chi connectivity index (χ4v) is 1.63. The van der Waals surface area contributed by atoms with E-state index in [4.69, 9.17) is 18.0 Å². The Bertz CT molecular complexity index is 577. The lowest BCUT2D eigenvalue weighted by atomic mass is 10.1. The molecule has 3 N–H and O–H groups in total. The molecule has 0 atom stereocenters. The number of pyridine rings is 1. The number of hydrogen-bond donors (Lipinski definition) is 2. The van der Waals surface area contributed by atoms with Crippen LogP contribution in [-0.2, 0) is 0 Å². The molecule has 0 unspecified atom stereocenters. The van der Waals surface area contributed by atoms with Crippen molar-refractivity contribution >= 4 is 34.0 Å². The molecular formula is C12H11N3OS. The van der Waals surface area contributed by atoms with Crippen molar-refractivity contribution < 1.29 is 4.79 Å². The Morgan fingerprint density at radius 3 is 2.88 bits per heavy atom. The molecule has 0 saturated heterocycles. The van der Waals surface area contributed by atoms with Gasteiger partial charge in [0.2, 0.25) is 0 Å². The minimum atomic E-state index is -0.198. The summed E-state index contributed by atoms with van der Waals surface area (Å²) in [6.07, 6.45) is 1.61. The first-order valence-electron chi connectivity index (χ1n) is 5.09. The number of amides is 1. The predicted molar refractivity (Wildman–Crippen MR) is 70.9 cm³/mol. The molecule has 0 spiro atoms. The Morgan fingerprint density at radius 2 is 2.12 bits per heavy atom. The number of benzene rings is 1. The molecule has 0 aliphatic carbocycles. The molecule has 0 saturated carbocycles. The van der Waals surface area contributed by atoms with Gasteiger partial charge < -0.3 is 11.1 Å². The molecule has 5 heteroatoms. The van der Waals surface area contributed by atoms with Gasteiger partial charge in [0.1, 0.15) is 0 Å². The van der Waals surface area contributed by atoms with Gasteiger partial charge in [-0.2, -0.15) is 0 Å². The largest absolute Gasteiger partial charge is 0.392 e. The number of para-hydroxylation sites is 1. The van der Waals surface area contributed by atoms with Gasteiger partial charge in [-0.25, -0.2) is 0 Å². The first kappa shape index (κ1) is 11.5. The second-order valence-corrected chi connectivity index (χ2v) is 4.05. The Morgan fingerprint density at radius 1 is 1.35 bits per heavy atom. The van der Waals surface area contributed by atoms with E-state index < -0.39 is 0 Å².